The highest BCUT2D eigenvalue weighted by Gasteiger charge is 1.93. The van der Waals surface area contributed by atoms with Crippen LogP contribution in [0.25, 0.3) is 10.4 Å². The summed E-state index contributed by atoms with van der Waals surface area (Å²) < 4.78 is 0. The van der Waals surface area contributed by atoms with Crippen LogP contribution in [0.2, 0.25) is 0 Å². The molecule has 0 rings (SSSR count). The monoisotopic (exact) mass is 116 g/mol. The van der Waals surface area contributed by atoms with Crippen molar-refractivity contribution in [3.8, 4) is 0 Å². The summed E-state index contributed by atoms with van der Waals surface area (Å²) in [6.07, 6.45) is -0.255. The van der Waals surface area contributed by atoms with Crippen LogP contribution < -0.4 is 5.73 Å². The van der Waals surface area contributed by atoms with Gasteiger partial charge in [0.1, 0.15) is 0 Å². The molecule has 0 fully saturated rings. The first-order valence-corrected chi connectivity index (χ1v) is 2.22. The van der Waals surface area contributed by atoms with Gasteiger partial charge < -0.3 is 10.8 Å². The Balaban J connectivity index is 3.31. The van der Waals surface area contributed by atoms with Crippen molar-refractivity contribution in [2.24, 2.45) is 10.8 Å². The molecule has 0 aliphatic carbocycles. The molecule has 5 nitrogen and oxygen atoms in total. The first-order valence-electron chi connectivity index (χ1n) is 2.22. The lowest BCUT2D eigenvalue weighted by Crippen LogP contribution is -2.17. The Bertz CT molecular complexity index is 97.5. The van der Waals surface area contributed by atoms with Crippen molar-refractivity contribution in [1.29, 1.82) is 0 Å². The summed E-state index contributed by atoms with van der Waals surface area (Å²) in [4.78, 5) is 2.44. The maximum Gasteiger partial charge on any atom is 0.0858 e. The van der Waals surface area contributed by atoms with Gasteiger partial charge in [0.15, 0.2) is 0 Å². The van der Waals surface area contributed by atoms with Gasteiger partial charge in [-0.05, 0) is 12.0 Å². The zero-order valence-corrected chi connectivity index (χ0v) is 4.36. The summed E-state index contributed by atoms with van der Waals surface area (Å²) in [5.74, 6) is 0. The van der Waals surface area contributed by atoms with E-state index < -0.39 is 6.17 Å². The molecule has 8 heavy (non-hydrogen) atoms. The van der Waals surface area contributed by atoms with Crippen LogP contribution in [0, 0.1) is 0 Å². The number of hydrogen-bond donors (Lipinski definition) is 2. The fraction of sp³-hybridized carbons (Fsp3) is 1.00. The Morgan fingerprint density at radius 2 is 2.50 bits per heavy atom. The molecule has 5 heteroatoms. The number of hydrogen-bond acceptors (Lipinski definition) is 3. The van der Waals surface area contributed by atoms with Crippen molar-refractivity contribution in [3.05, 3.63) is 10.4 Å². The molecule has 0 radical (unpaired) electrons. The molecule has 0 amide bonds. The van der Waals surface area contributed by atoms with Crippen LogP contribution in [-0.4, -0.2) is 17.9 Å². The molecule has 0 spiro atoms. The second-order valence-corrected chi connectivity index (χ2v) is 1.28. The fourth-order valence-corrected chi connectivity index (χ4v) is 0.256. The fourth-order valence-electron chi connectivity index (χ4n) is 0.256. The molecule has 1 unspecified atom stereocenters. The van der Waals surface area contributed by atoms with Crippen LogP contribution in [0.4, 0.5) is 0 Å². The van der Waals surface area contributed by atoms with E-state index in [1.807, 2.05) is 0 Å². The van der Waals surface area contributed by atoms with Gasteiger partial charge in [-0.25, -0.2) is 0 Å². The van der Waals surface area contributed by atoms with Crippen molar-refractivity contribution in [1.82, 2.24) is 0 Å². The summed E-state index contributed by atoms with van der Waals surface area (Å²) in [5.41, 5.74) is 12.9. The van der Waals surface area contributed by atoms with E-state index in [9.17, 15) is 0 Å². The molecule has 0 aromatic heterocycles. The molecular formula is C3H8N4O. The standard InChI is InChI=1S/C3H8N4O/c4-3(1-2-8)6-7-5/h3,8H,1-2,4H2. The van der Waals surface area contributed by atoms with E-state index in [0.717, 1.165) is 0 Å². The molecule has 0 saturated carbocycles. The molecule has 0 aromatic rings. The lowest BCUT2D eigenvalue weighted by molar-refractivity contribution is 0.277. The van der Waals surface area contributed by atoms with E-state index in [1.54, 1.807) is 0 Å². The van der Waals surface area contributed by atoms with Gasteiger partial charge in [-0.3, -0.25) is 0 Å². The highest BCUT2D eigenvalue weighted by Crippen LogP contribution is 1.86. The van der Waals surface area contributed by atoms with Gasteiger partial charge in [0.05, 0.1) is 6.17 Å². The predicted octanol–water partition coefficient (Wildman–Crippen LogP) is -0.0361. The SMILES string of the molecule is [N-]=[N+]=NC(N)CCO. The van der Waals surface area contributed by atoms with E-state index in [0.29, 0.717) is 6.42 Å². The Morgan fingerprint density at radius 3 is 2.88 bits per heavy atom. The summed E-state index contributed by atoms with van der Waals surface area (Å²) in [6, 6.07) is 0. The lowest BCUT2D eigenvalue weighted by Gasteiger charge is -1.96. The van der Waals surface area contributed by atoms with Crippen LogP contribution in [0.3, 0.4) is 0 Å². The van der Waals surface area contributed by atoms with Gasteiger partial charge in [0, 0.05) is 11.5 Å². The number of nitrogens with two attached hydrogens (primary N) is 1. The third kappa shape index (κ3) is 3.42. The van der Waals surface area contributed by atoms with Crippen molar-refractivity contribution in [3.63, 3.8) is 0 Å². The molecule has 0 aromatic carbocycles. The molecule has 0 bridgehead atoms. The summed E-state index contributed by atoms with van der Waals surface area (Å²) in [7, 11) is 0. The maximum absolute atomic E-state index is 8.20. The molecule has 0 heterocycles. The second-order valence-electron chi connectivity index (χ2n) is 1.28. The van der Waals surface area contributed by atoms with Crippen molar-refractivity contribution in [2.75, 3.05) is 6.61 Å². The molecule has 0 aliphatic heterocycles. The van der Waals surface area contributed by atoms with Crippen LogP contribution in [0.1, 0.15) is 6.42 Å². The minimum absolute atomic E-state index is 0.0415. The smallest absolute Gasteiger partial charge is 0.0858 e. The third-order valence-electron chi connectivity index (χ3n) is 0.625. The van der Waals surface area contributed by atoms with Crippen LogP contribution in [0.15, 0.2) is 5.11 Å². The molecule has 46 valence electrons. The zero-order chi connectivity index (χ0) is 6.41. The van der Waals surface area contributed by atoms with E-state index in [1.165, 1.54) is 0 Å². The van der Waals surface area contributed by atoms with Crippen LogP contribution in [0.5, 0.6) is 0 Å². The summed E-state index contributed by atoms with van der Waals surface area (Å²) >= 11 is 0. The first kappa shape index (κ1) is 7.23. The van der Waals surface area contributed by atoms with Gasteiger partial charge in [-0.15, -0.1) is 0 Å². The molecule has 1 atom stereocenters. The third-order valence-corrected chi connectivity index (χ3v) is 0.625. The summed E-state index contributed by atoms with van der Waals surface area (Å²) in [5, 5.41) is 11.3. The van der Waals surface area contributed by atoms with E-state index in [4.69, 9.17) is 16.4 Å². The number of nitrogens with zero attached hydrogens (tertiary/aromatic N) is 3. The average Bonchev–Trinajstić information content (AvgIpc) is 1.68. The summed E-state index contributed by atoms with van der Waals surface area (Å²) in [6.45, 7) is -0.0415. The minimum Gasteiger partial charge on any atom is -0.396 e. The Labute approximate surface area is 46.7 Å². The van der Waals surface area contributed by atoms with Gasteiger partial charge in [-0.2, -0.15) is 0 Å². The largest absolute Gasteiger partial charge is 0.396 e. The molecule has 3 N–H and O–H groups in total. The normalized spacial score (nSPS) is 12.2. The highest BCUT2D eigenvalue weighted by atomic mass is 16.3. The highest BCUT2D eigenvalue weighted by molar-refractivity contribution is 4.56. The first-order chi connectivity index (χ1) is 3.81. The average molecular weight is 116 g/mol. The lowest BCUT2D eigenvalue weighted by atomic mass is 10.4. The van der Waals surface area contributed by atoms with Gasteiger partial charge in [-0.1, -0.05) is 5.11 Å². The van der Waals surface area contributed by atoms with Crippen LogP contribution >= 0.6 is 0 Å². The van der Waals surface area contributed by atoms with E-state index >= 15 is 0 Å². The Morgan fingerprint density at radius 1 is 1.88 bits per heavy atom. The molecule has 0 aliphatic rings. The number of azide groups is 1. The Hall–Kier alpha value is -0.770. The van der Waals surface area contributed by atoms with Gasteiger partial charge in [0.25, 0.3) is 0 Å². The van der Waals surface area contributed by atoms with Crippen molar-refractivity contribution >= 4 is 0 Å². The minimum atomic E-state index is -0.579. The maximum atomic E-state index is 8.20. The molecule has 0 saturated heterocycles. The van der Waals surface area contributed by atoms with E-state index in [-0.39, 0.29) is 6.61 Å². The molecular weight excluding hydrogens is 108 g/mol. The predicted molar refractivity (Wildman–Crippen MR) is 28.8 cm³/mol. The zero-order valence-electron chi connectivity index (χ0n) is 4.36. The number of rotatable bonds is 3. The number of aliphatic hydroxyl groups excluding tert-OH is 1. The van der Waals surface area contributed by atoms with Crippen molar-refractivity contribution < 1.29 is 5.11 Å². The van der Waals surface area contributed by atoms with Crippen molar-refractivity contribution in [2.45, 2.75) is 12.6 Å². The topological polar surface area (TPSA) is 95.0 Å². The Kier molecular flexibility index (Phi) is 3.97. The van der Waals surface area contributed by atoms with Gasteiger partial charge >= 0.3 is 0 Å². The second kappa shape index (κ2) is 4.39. The number of aliphatic hydroxyl groups is 1. The van der Waals surface area contributed by atoms with Crippen LogP contribution in [-0.2, 0) is 0 Å². The quantitative estimate of drug-likeness (QED) is 0.307. The van der Waals surface area contributed by atoms with E-state index in [2.05, 4.69) is 10.0 Å². The van der Waals surface area contributed by atoms with Gasteiger partial charge in [0.2, 0.25) is 0 Å².